The molecular weight excluding hydrogens is 207 g/mol. The molecule has 0 bridgehead atoms. The minimum absolute atomic E-state index is 0. The molecule has 76 valence electrons. The van der Waals surface area contributed by atoms with Crippen molar-refractivity contribution in [2.24, 2.45) is 0 Å². The zero-order valence-electron chi connectivity index (χ0n) is 9.07. The van der Waals surface area contributed by atoms with Crippen molar-refractivity contribution < 1.29 is 32.4 Å². The molecule has 1 aromatic rings. The maximum atomic E-state index is 10.7. The van der Waals surface area contributed by atoms with Gasteiger partial charge in [-0.1, -0.05) is 0 Å². The minimum Gasteiger partial charge on any atom is -0.768 e. The van der Waals surface area contributed by atoms with Gasteiger partial charge in [-0.2, -0.15) is 0 Å². The zero-order chi connectivity index (χ0) is 10.3. The van der Waals surface area contributed by atoms with E-state index < -0.39 is 11.1 Å². The van der Waals surface area contributed by atoms with Crippen LogP contribution < -0.4 is 23.6 Å². The Morgan fingerprint density at radius 2 is 2.13 bits per heavy atom. The quantitative estimate of drug-likeness (QED) is 0.432. The van der Waals surface area contributed by atoms with Crippen LogP contribution in [0.15, 0.2) is 23.1 Å². The predicted molar refractivity (Wildman–Crippen MR) is 52.0 cm³/mol. The van der Waals surface area contributed by atoms with Gasteiger partial charge in [0.15, 0.2) is 0 Å². The summed E-state index contributed by atoms with van der Waals surface area (Å²) in [5.41, 5.74) is 0.752. The zero-order valence-corrected chi connectivity index (χ0v) is 9.89. The molecule has 1 atom stereocenters. The first-order valence-electron chi connectivity index (χ1n) is 4.39. The van der Waals surface area contributed by atoms with Gasteiger partial charge in [0.05, 0.1) is 0 Å². The van der Waals surface area contributed by atoms with Crippen LogP contribution in [0.1, 0.15) is 19.4 Å². The van der Waals surface area contributed by atoms with Gasteiger partial charge in [-0.3, -0.25) is 4.21 Å². The van der Waals surface area contributed by atoms with E-state index in [0.29, 0.717) is 4.90 Å². The van der Waals surface area contributed by atoms with Gasteiger partial charge in [0, 0.05) is 11.3 Å². The van der Waals surface area contributed by atoms with Gasteiger partial charge in [-0.15, -0.1) is 0 Å². The molecule has 0 aromatic heterocycles. The second kappa shape index (κ2) is 4.30. The minimum atomic E-state index is -2.15. The normalized spacial score (nSPS) is 18.6. The second-order valence-corrected chi connectivity index (χ2v) is 4.98. The fourth-order valence-corrected chi connectivity index (χ4v) is 2.11. The Hall–Kier alpha value is -0.273. The topological polar surface area (TPSA) is 49.4 Å². The molecule has 1 heterocycles. The summed E-state index contributed by atoms with van der Waals surface area (Å²) in [5.74, 6) is 0.796. The Bertz CT molecular complexity index is 404. The Morgan fingerprint density at radius 1 is 1.47 bits per heavy atom. The van der Waals surface area contributed by atoms with E-state index in [2.05, 4.69) is 0 Å². The van der Waals surface area contributed by atoms with Crippen LogP contribution in [0.25, 0.3) is 0 Å². The molecule has 0 amide bonds. The van der Waals surface area contributed by atoms with Crippen LogP contribution in [-0.2, 0) is 17.5 Å². The molecule has 0 saturated carbocycles. The van der Waals surface area contributed by atoms with Crippen LogP contribution in [0.5, 0.6) is 5.75 Å². The molecule has 0 spiro atoms. The van der Waals surface area contributed by atoms with Gasteiger partial charge >= 0.3 is 18.9 Å². The maximum absolute atomic E-state index is 10.7. The summed E-state index contributed by atoms with van der Waals surface area (Å²) in [5, 5.41) is 0. The Balaban J connectivity index is 0.00000112. The van der Waals surface area contributed by atoms with Gasteiger partial charge in [0.2, 0.25) is 0 Å². The Kier molecular flexibility index (Phi) is 3.67. The average Bonchev–Trinajstić information content (AvgIpc) is 2.36. The standard InChI is InChI=1S/C10H12O3S.Li/c1-10(2)6-7-5-8(14(11)12)3-4-9(7)13-10;/h3-5H,6H2,1-2H3,(H,11,12);/q;+1/p-1. The van der Waals surface area contributed by atoms with E-state index in [0.717, 1.165) is 17.7 Å². The van der Waals surface area contributed by atoms with Crippen LogP contribution in [0.2, 0.25) is 0 Å². The first-order valence-corrected chi connectivity index (χ1v) is 5.47. The maximum Gasteiger partial charge on any atom is 1.00 e. The van der Waals surface area contributed by atoms with Gasteiger partial charge in [-0.05, 0) is 48.7 Å². The summed E-state index contributed by atoms with van der Waals surface area (Å²) in [6.07, 6.45) is 0.757. The Labute approximate surface area is 104 Å². The summed E-state index contributed by atoms with van der Waals surface area (Å²) in [7, 11) is 0. The van der Waals surface area contributed by atoms with Crippen LogP contribution in [0.4, 0.5) is 0 Å². The van der Waals surface area contributed by atoms with E-state index in [1.54, 1.807) is 18.2 Å². The van der Waals surface area contributed by atoms with E-state index in [4.69, 9.17) is 4.74 Å². The van der Waals surface area contributed by atoms with Gasteiger partial charge in [0.1, 0.15) is 11.4 Å². The van der Waals surface area contributed by atoms with Crippen molar-refractivity contribution in [3.8, 4) is 5.75 Å². The van der Waals surface area contributed by atoms with E-state index in [1.807, 2.05) is 13.8 Å². The molecular formula is C10H11LiO3S. The van der Waals surface area contributed by atoms with Crippen molar-refractivity contribution >= 4 is 11.1 Å². The third kappa shape index (κ3) is 2.64. The van der Waals surface area contributed by atoms with E-state index in [9.17, 15) is 8.76 Å². The molecule has 2 rings (SSSR count). The van der Waals surface area contributed by atoms with Gasteiger partial charge in [-0.25, -0.2) is 0 Å². The van der Waals surface area contributed by atoms with Gasteiger partial charge in [0.25, 0.3) is 0 Å². The monoisotopic (exact) mass is 218 g/mol. The molecule has 15 heavy (non-hydrogen) atoms. The third-order valence-corrected chi connectivity index (χ3v) is 2.87. The number of rotatable bonds is 1. The number of ether oxygens (including phenoxy) is 1. The summed E-state index contributed by atoms with van der Waals surface area (Å²) in [4.78, 5) is 0.324. The van der Waals surface area contributed by atoms with Crippen molar-refractivity contribution in [1.29, 1.82) is 0 Å². The fraction of sp³-hybridized carbons (Fsp3) is 0.400. The number of hydrogen-bond acceptors (Lipinski definition) is 3. The Morgan fingerprint density at radius 3 is 2.73 bits per heavy atom. The van der Waals surface area contributed by atoms with Crippen LogP contribution in [-0.4, -0.2) is 14.4 Å². The summed E-state index contributed by atoms with van der Waals surface area (Å²) in [6, 6.07) is 4.95. The third-order valence-electron chi connectivity index (χ3n) is 2.23. The molecule has 1 aromatic carbocycles. The molecule has 1 unspecified atom stereocenters. The van der Waals surface area contributed by atoms with Gasteiger partial charge < -0.3 is 9.29 Å². The van der Waals surface area contributed by atoms with Crippen molar-refractivity contribution in [3.05, 3.63) is 23.8 Å². The molecule has 1 aliphatic heterocycles. The summed E-state index contributed by atoms with van der Waals surface area (Å²) >= 11 is -2.15. The van der Waals surface area contributed by atoms with Crippen LogP contribution >= 0.6 is 0 Å². The van der Waals surface area contributed by atoms with Crippen molar-refractivity contribution in [3.63, 3.8) is 0 Å². The van der Waals surface area contributed by atoms with Crippen molar-refractivity contribution in [2.75, 3.05) is 0 Å². The summed E-state index contributed by atoms with van der Waals surface area (Å²) < 4.78 is 27.1. The van der Waals surface area contributed by atoms with E-state index >= 15 is 0 Å². The first-order chi connectivity index (χ1) is 6.48. The number of hydrogen-bond donors (Lipinski definition) is 0. The van der Waals surface area contributed by atoms with Crippen LogP contribution in [0.3, 0.4) is 0 Å². The van der Waals surface area contributed by atoms with E-state index in [1.165, 1.54) is 0 Å². The molecule has 3 nitrogen and oxygen atoms in total. The van der Waals surface area contributed by atoms with E-state index in [-0.39, 0.29) is 24.5 Å². The first kappa shape index (κ1) is 12.8. The molecule has 0 saturated heterocycles. The molecule has 0 N–H and O–H groups in total. The fourth-order valence-electron chi connectivity index (χ4n) is 1.69. The number of benzene rings is 1. The second-order valence-electron chi connectivity index (χ2n) is 4.04. The molecule has 5 heteroatoms. The molecule has 0 radical (unpaired) electrons. The summed E-state index contributed by atoms with van der Waals surface area (Å²) in [6.45, 7) is 3.97. The average molecular weight is 218 g/mol. The SMILES string of the molecule is CC1(C)Cc2cc(S(=O)[O-])ccc2O1.[Li+]. The molecule has 1 aliphatic rings. The predicted octanol–water partition coefficient (Wildman–Crippen LogP) is -1.36. The van der Waals surface area contributed by atoms with Crippen molar-refractivity contribution in [2.45, 2.75) is 30.8 Å². The molecule has 0 aliphatic carbocycles. The smallest absolute Gasteiger partial charge is 0.768 e. The van der Waals surface area contributed by atoms with Crippen LogP contribution in [0, 0.1) is 0 Å². The molecule has 0 fully saturated rings. The number of fused-ring (bicyclic) bond motifs is 1. The van der Waals surface area contributed by atoms with Crippen molar-refractivity contribution in [1.82, 2.24) is 0 Å². The largest absolute Gasteiger partial charge is 1.00 e.